The number of fused-ring (bicyclic) bond motifs is 1. The summed E-state index contributed by atoms with van der Waals surface area (Å²) in [7, 11) is 0. The molecule has 3 aromatic carbocycles. The molecule has 0 saturated heterocycles. The van der Waals surface area contributed by atoms with Crippen molar-refractivity contribution >= 4 is 29.0 Å². The highest BCUT2D eigenvalue weighted by Gasteiger charge is 2.09. The molecule has 0 aliphatic heterocycles. The van der Waals surface area contributed by atoms with E-state index in [4.69, 9.17) is 9.52 Å². The van der Waals surface area contributed by atoms with Gasteiger partial charge in [-0.3, -0.25) is 4.99 Å². The zero-order valence-corrected chi connectivity index (χ0v) is 14.9. The van der Waals surface area contributed by atoms with E-state index in [0.717, 1.165) is 16.6 Å². The van der Waals surface area contributed by atoms with E-state index < -0.39 is 5.97 Å². The van der Waals surface area contributed by atoms with Crippen molar-refractivity contribution in [1.82, 2.24) is 4.98 Å². The van der Waals surface area contributed by atoms with Gasteiger partial charge in [0.15, 0.2) is 5.58 Å². The molecule has 0 aliphatic carbocycles. The Balaban J connectivity index is 1.66. The van der Waals surface area contributed by atoms with Gasteiger partial charge >= 0.3 is 5.97 Å². The van der Waals surface area contributed by atoms with Crippen LogP contribution in [0.1, 0.15) is 21.5 Å². The quantitative estimate of drug-likeness (QED) is 0.539. The second-order valence-electron chi connectivity index (χ2n) is 6.36. The van der Waals surface area contributed by atoms with Crippen LogP contribution in [-0.4, -0.2) is 22.3 Å². The van der Waals surface area contributed by atoms with Crippen LogP contribution in [0.3, 0.4) is 0 Å². The zero-order valence-electron chi connectivity index (χ0n) is 14.9. The summed E-state index contributed by atoms with van der Waals surface area (Å²) in [4.78, 5) is 19.9. The van der Waals surface area contributed by atoms with Gasteiger partial charge in [0.2, 0.25) is 5.89 Å². The normalized spacial score (nSPS) is 11.3. The van der Waals surface area contributed by atoms with Crippen LogP contribution in [0.4, 0.5) is 5.69 Å². The summed E-state index contributed by atoms with van der Waals surface area (Å²) in [6.07, 6.45) is 1.36. The molecule has 1 aromatic heterocycles. The van der Waals surface area contributed by atoms with Crippen LogP contribution in [0.2, 0.25) is 0 Å². The number of benzene rings is 3. The maximum absolute atomic E-state index is 11.9. The Labute approximate surface area is 160 Å². The molecule has 0 bridgehead atoms. The Kier molecular flexibility index (Phi) is 4.37. The summed E-state index contributed by atoms with van der Waals surface area (Å²) in [5, 5.41) is 21.0. The van der Waals surface area contributed by atoms with Crippen LogP contribution in [0, 0.1) is 6.92 Å². The van der Waals surface area contributed by atoms with Gasteiger partial charge in [-0.25, -0.2) is 9.78 Å². The van der Waals surface area contributed by atoms with E-state index >= 15 is 0 Å². The maximum Gasteiger partial charge on any atom is 0.335 e. The Hall–Kier alpha value is -3.93. The van der Waals surface area contributed by atoms with Crippen molar-refractivity contribution in [2.24, 2.45) is 4.99 Å². The molecule has 4 rings (SSSR count). The molecule has 0 saturated carbocycles. The van der Waals surface area contributed by atoms with Gasteiger partial charge in [0.25, 0.3) is 0 Å². The van der Waals surface area contributed by atoms with E-state index in [2.05, 4.69) is 9.98 Å². The molecule has 1 N–H and O–H groups in total. The van der Waals surface area contributed by atoms with Crippen molar-refractivity contribution in [2.45, 2.75) is 6.92 Å². The minimum absolute atomic E-state index is 0.0385. The van der Waals surface area contributed by atoms with Crippen LogP contribution >= 0.6 is 0 Å². The molecule has 0 radical (unpaired) electrons. The smallest absolute Gasteiger partial charge is 0.335 e. The van der Waals surface area contributed by atoms with Gasteiger partial charge < -0.3 is 14.6 Å². The predicted molar refractivity (Wildman–Crippen MR) is 104 cm³/mol. The highest BCUT2D eigenvalue weighted by atomic mass is 16.4. The number of oxazole rings is 1. The summed E-state index contributed by atoms with van der Waals surface area (Å²) in [6, 6.07) is 16.8. The Bertz CT molecular complexity index is 1220. The molecule has 0 amide bonds. The number of rotatable bonds is 4. The Morgan fingerprint density at radius 3 is 2.82 bits per heavy atom. The van der Waals surface area contributed by atoms with Gasteiger partial charge in [-0.2, -0.15) is 0 Å². The van der Waals surface area contributed by atoms with Crippen molar-refractivity contribution in [3.05, 3.63) is 77.4 Å². The number of carbonyl (C=O) groups is 1. The van der Waals surface area contributed by atoms with Crippen molar-refractivity contribution in [1.29, 1.82) is 0 Å². The lowest BCUT2D eigenvalue weighted by molar-refractivity contribution is -0.268. The summed E-state index contributed by atoms with van der Waals surface area (Å²) in [5.41, 5.74) is 4.18. The van der Waals surface area contributed by atoms with Gasteiger partial charge in [0.1, 0.15) is 5.52 Å². The molecule has 0 aliphatic rings. The van der Waals surface area contributed by atoms with Gasteiger partial charge in [-0.05, 0) is 60.5 Å². The summed E-state index contributed by atoms with van der Waals surface area (Å²) in [6.45, 7) is 1.99. The molecule has 6 nitrogen and oxygen atoms in total. The first-order valence-corrected chi connectivity index (χ1v) is 8.56. The fourth-order valence-electron chi connectivity index (χ4n) is 2.81. The fraction of sp³-hybridized carbons (Fsp3) is 0.0455. The number of carboxylic acid groups (broad SMARTS) is 1. The molecule has 0 fully saturated rings. The summed E-state index contributed by atoms with van der Waals surface area (Å²) >= 11 is 0. The average molecular weight is 371 g/mol. The van der Waals surface area contributed by atoms with Crippen molar-refractivity contribution in [3.8, 4) is 17.2 Å². The number of aryl methyl sites for hydroxylation is 1. The van der Waals surface area contributed by atoms with Gasteiger partial charge in [-0.15, -0.1) is 5.75 Å². The van der Waals surface area contributed by atoms with Crippen molar-refractivity contribution in [3.63, 3.8) is 0 Å². The molecule has 0 atom stereocenters. The fourth-order valence-corrected chi connectivity index (χ4v) is 2.81. The number of hydrogen-bond donors (Lipinski definition) is 1. The van der Waals surface area contributed by atoms with Gasteiger partial charge in [0.05, 0.1) is 11.3 Å². The molecule has 0 unspecified atom stereocenters. The van der Waals surface area contributed by atoms with E-state index in [1.165, 1.54) is 24.4 Å². The number of nitrogens with zero attached hydrogens (tertiary/aromatic N) is 2. The standard InChI is InChI=1S/C22H16N2O4/c1-13-5-8-20-18(9-13)24-21(28-20)14-3-2-4-17(11-14)23-12-16-10-15(22(26)27)6-7-19(16)25/h2-12,25H,1H3,(H,26,27)/p-1. The SMILES string of the molecule is Cc1ccc2oc(-c3cccc(N=Cc4cc(C(=O)O)ccc4[O-])c3)nc2c1. The summed E-state index contributed by atoms with van der Waals surface area (Å²) < 4.78 is 5.81. The monoisotopic (exact) mass is 371 g/mol. The molecule has 1 heterocycles. The second-order valence-corrected chi connectivity index (χ2v) is 6.36. The predicted octanol–water partition coefficient (Wildman–Crippen LogP) is 4.33. The number of aliphatic imine (C=N–C) groups is 1. The van der Waals surface area contributed by atoms with E-state index in [0.29, 0.717) is 17.2 Å². The molecule has 138 valence electrons. The van der Waals surface area contributed by atoms with Crippen LogP contribution in [0.25, 0.3) is 22.6 Å². The van der Waals surface area contributed by atoms with Crippen molar-refractivity contribution in [2.75, 3.05) is 0 Å². The van der Waals surface area contributed by atoms with Crippen LogP contribution < -0.4 is 5.11 Å². The minimum Gasteiger partial charge on any atom is -0.872 e. The topological polar surface area (TPSA) is 98.8 Å². The number of aromatic nitrogens is 1. The third kappa shape index (κ3) is 3.48. The zero-order chi connectivity index (χ0) is 19.7. The van der Waals surface area contributed by atoms with Crippen LogP contribution in [0.5, 0.6) is 5.75 Å². The maximum atomic E-state index is 11.9. The molecule has 28 heavy (non-hydrogen) atoms. The van der Waals surface area contributed by atoms with Crippen LogP contribution in [0.15, 0.2) is 70.1 Å². The number of carboxylic acids is 1. The van der Waals surface area contributed by atoms with E-state index in [9.17, 15) is 9.90 Å². The highest BCUT2D eigenvalue weighted by Crippen LogP contribution is 2.27. The first kappa shape index (κ1) is 17.5. The molecular formula is C22H15N2O4-. The third-order valence-corrected chi connectivity index (χ3v) is 4.25. The highest BCUT2D eigenvalue weighted by molar-refractivity contribution is 5.93. The van der Waals surface area contributed by atoms with Gasteiger partial charge in [0, 0.05) is 11.8 Å². The first-order chi connectivity index (χ1) is 13.5. The molecule has 4 aromatic rings. The number of hydrogen-bond acceptors (Lipinski definition) is 5. The Morgan fingerprint density at radius 2 is 2.00 bits per heavy atom. The van der Waals surface area contributed by atoms with E-state index in [1.807, 2.05) is 37.3 Å². The average Bonchev–Trinajstić information content (AvgIpc) is 3.10. The lowest BCUT2D eigenvalue weighted by atomic mass is 10.1. The second kappa shape index (κ2) is 7.00. The lowest BCUT2D eigenvalue weighted by Crippen LogP contribution is -2.01. The summed E-state index contributed by atoms with van der Waals surface area (Å²) in [5.74, 6) is -0.905. The first-order valence-electron chi connectivity index (χ1n) is 8.56. The van der Waals surface area contributed by atoms with Gasteiger partial charge in [-0.1, -0.05) is 18.2 Å². The minimum atomic E-state index is -1.09. The number of aromatic carboxylic acids is 1. The lowest BCUT2D eigenvalue weighted by Gasteiger charge is -2.10. The molecule has 6 heteroatoms. The van der Waals surface area contributed by atoms with E-state index in [1.54, 1.807) is 12.1 Å². The third-order valence-electron chi connectivity index (χ3n) is 4.25. The van der Waals surface area contributed by atoms with Crippen molar-refractivity contribution < 1.29 is 19.4 Å². The van der Waals surface area contributed by atoms with Crippen LogP contribution in [-0.2, 0) is 0 Å². The molecule has 0 spiro atoms. The van der Waals surface area contributed by atoms with E-state index in [-0.39, 0.29) is 16.9 Å². The largest absolute Gasteiger partial charge is 0.872 e. The molecular weight excluding hydrogens is 356 g/mol. The Morgan fingerprint density at radius 1 is 1.14 bits per heavy atom.